The van der Waals surface area contributed by atoms with Gasteiger partial charge in [-0.3, -0.25) is 14.4 Å². The van der Waals surface area contributed by atoms with Crippen LogP contribution in [0, 0.1) is 5.82 Å². The Balaban J connectivity index is 1.08. The number of halogens is 2. The lowest BCUT2D eigenvalue weighted by molar-refractivity contribution is 0.0948. The molecule has 13 heteroatoms. The van der Waals surface area contributed by atoms with E-state index in [-0.39, 0.29) is 10.8 Å². The van der Waals surface area contributed by atoms with Crippen LogP contribution in [-0.4, -0.2) is 70.6 Å². The third kappa shape index (κ3) is 6.30. The normalized spacial score (nSPS) is 14.3. The van der Waals surface area contributed by atoms with E-state index in [4.69, 9.17) is 21.3 Å². The van der Waals surface area contributed by atoms with Gasteiger partial charge in [0.05, 0.1) is 21.7 Å². The van der Waals surface area contributed by atoms with Gasteiger partial charge in [-0.15, -0.1) is 0 Å². The highest BCUT2D eigenvalue weighted by Gasteiger charge is 2.21. The molecule has 0 unspecified atom stereocenters. The van der Waals surface area contributed by atoms with E-state index in [1.165, 1.54) is 24.3 Å². The lowest BCUT2D eigenvalue weighted by Gasteiger charge is -2.34. The minimum Gasteiger partial charge on any atom is -0.493 e. The van der Waals surface area contributed by atoms with Crippen molar-refractivity contribution in [3.63, 3.8) is 0 Å². The summed E-state index contributed by atoms with van der Waals surface area (Å²) >= 11 is 7.85. The fraction of sp³-hybridized carbons (Fsp3) is 0.259. The van der Waals surface area contributed by atoms with Crippen LogP contribution in [0.5, 0.6) is 5.75 Å². The molecule has 0 atom stereocenters. The number of hydrogen-bond acceptors (Lipinski definition) is 8. The number of carbonyl (C=O) groups is 1. The molecule has 1 aliphatic heterocycles. The van der Waals surface area contributed by atoms with E-state index in [1.54, 1.807) is 30.6 Å². The molecule has 4 aromatic rings. The van der Waals surface area contributed by atoms with E-state index < -0.39 is 15.8 Å². The number of sulfonamides is 1. The van der Waals surface area contributed by atoms with Crippen molar-refractivity contribution in [2.75, 3.05) is 56.0 Å². The molecule has 0 saturated carbocycles. The second-order valence-corrected chi connectivity index (χ2v) is 12.2. The van der Waals surface area contributed by atoms with Crippen molar-refractivity contribution in [1.29, 1.82) is 0 Å². The number of nitrogens with one attached hydrogen (secondary N) is 2. The molecule has 2 heterocycles. The molecular weight excluding hydrogens is 577 g/mol. The second-order valence-electron chi connectivity index (χ2n) is 9.15. The molecule has 0 spiro atoms. The van der Waals surface area contributed by atoms with Gasteiger partial charge >= 0.3 is 0 Å². The van der Waals surface area contributed by atoms with Crippen LogP contribution in [-0.2, 0) is 10.0 Å². The fourth-order valence-corrected chi connectivity index (χ4v) is 6.68. The maximum atomic E-state index is 13.1. The third-order valence-electron chi connectivity index (χ3n) is 6.54. The summed E-state index contributed by atoms with van der Waals surface area (Å²) in [5, 5.41) is 4.40. The maximum absolute atomic E-state index is 13.1. The molecule has 5 rings (SSSR count). The van der Waals surface area contributed by atoms with Gasteiger partial charge in [0, 0.05) is 50.5 Å². The van der Waals surface area contributed by atoms with Gasteiger partial charge in [0.1, 0.15) is 11.3 Å². The number of rotatable bonds is 9. The van der Waals surface area contributed by atoms with Crippen LogP contribution in [0.3, 0.4) is 0 Å². The average Bonchev–Trinajstić information content (AvgIpc) is 3.38. The Morgan fingerprint density at radius 2 is 1.75 bits per heavy atom. The molecule has 0 radical (unpaired) electrons. The molecule has 1 fully saturated rings. The number of amides is 1. The summed E-state index contributed by atoms with van der Waals surface area (Å²) in [7, 11) is -2.27. The molecule has 1 amide bonds. The van der Waals surface area contributed by atoms with Gasteiger partial charge in [-0.1, -0.05) is 22.9 Å². The van der Waals surface area contributed by atoms with Crippen molar-refractivity contribution in [2.24, 2.45) is 0 Å². The van der Waals surface area contributed by atoms with E-state index in [2.05, 4.69) is 19.8 Å². The first-order valence-corrected chi connectivity index (χ1v) is 15.2. The monoisotopic (exact) mass is 603 g/mol. The van der Waals surface area contributed by atoms with Crippen molar-refractivity contribution in [3.8, 4) is 5.75 Å². The van der Waals surface area contributed by atoms with Crippen LogP contribution in [0.25, 0.3) is 10.2 Å². The molecule has 9 nitrogen and oxygen atoms in total. The van der Waals surface area contributed by atoms with Crippen molar-refractivity contribution in [2.45, 2.75) is 4.90 Å². The van der Waals surface area contributed by atoms with Crippen LogP contribution in [0.15, 0.2) is 65.6 Å². The van der Waals surface area contributed by atoms with Gasteiger partial charge in [-0.05, 0) is 60.7 Å². The van der Waals surface area contributed by atoms with Gasteiger partial charge in [0.25, 0.3) is 15.9 Å². The summed E-state index contributed by atoms with van der Waals surface area (Å²) in [6, 6.07) is 14.5. The number of benzene rings is 3. The zero-order valence-electron chi connectivity index (χ0n) is 21.6. The van der Waals surface area contributed by atoms with E-state index in [0.29, 0.717) is 35.1 Å². The Morgan fingerprint density at radius 3 is 2.42 bits per heavy atom. The zero-order valence-corrected chi connectivity index (χ0v) is 24.0. The van der Waals surface area contributed by atoms with Crippen LogP contribution < -0.4 is 19.7 Å². The highest BCUT2D eigenvalue weighted by atomic mass is 35.5. The van der Waals surface area contributed by atoms with Crippen molar-refractivity contribution in [1.82, 2.24) is 15.2 Å². The van der Waals surface area contributed by atoms with Crippen LogP contribution >= 0.6 is 22.9 Å². The van der Waals surface area contributed by atoms with Crippen LogP contribution in [0.1, 0.15) is 10.4 Å². The summed E-state index contributed by atoms with van der Waals surface area (Å²) in [6.07, 6.45) is 0. The first-order valence-electron chi connectivity index (χ1n) is 12.5. The predicted octanol–water partition coefficient (Wildman–Crippen LogP) is 4.45. The molecule has 0 aliphatic carbocycles. The smallest absolute Gasteiger partial charge is 0.261 e. The molecular formula is C27H27ClFN5O4S2. The lowest BCUT2D eigenvalue weighted by Crippen LogP contribution is -2.48. The first kappa shape index (κ1) is 28.1. The summed E-state index contributed by atoms with van der Waals surface area (Å²) in [5.41, 5.74) is 1.49. The van der Waals surface area contributed by atoms with Gasteiger partial charge in [0.2, 0.25) is 0 Å². The molecule has 3 aromatic carbocycles. The molecule has 0 bridgehead atoms. The Kier molecular flexibility index (Phi) is 8.40. The highest BCUT2D eigenvalue weighted by molar-refractivity contribution is 7.92. The minimum absolute atomic E-state index is 0.0539. The molecule has 1 aromatic heterocycles. The topological polar surface area (TPSA) is 104 Å². The van der Waals surface area contributed by atoms with Crippen molar-refractivity contribution in [3.05, 3.63) is 77.1 Å². The van der Waals surface area contributed by atoms with Gasteiger partial charge in [-0.25, -0.2) is 17.8 Å². The maximum Gasteiger partial charge on any atom is 0.261 e. The quantitative estimate of drug-likeness (QED) is 0.291. The number of thiazole rings is 1. The molecule has 1 saturated heterocycles. The number of anilines is 2. The zero-order chi connectivity index (χ0) is 28.3. The Morgan fingerprint density at radius 1 is 1.05 bits per heavy atom. The van der Waals surface area contributed by atoms with Crippen LogP contribution in [0.4, 0.5) is 15.2 Å². The van der Waals surface area contributed by atoms with E-state index in [9.17, 15) is 17.6 Å². The highest BCUT2D eigenvalue weighted by Crippen LogP contribution is 2.38. The fourth-order valence-electron chi connectivity index (χ4n) is 4.37. The Bertz CT molecular complexity index is 1610. The van der Waals surface area contributed by atoms with E-state index in [0.717, 1.165) is 53.7 Å². The number of fused-ring (bicyclic) bond motifs is 1. The molecule has 210 valence electrons. The largest absolute Gasteiger partial charge is 0.493 e. The number of methoxy groups -OCH3 is 1. The summed E-state index contributed by atoms with van der Waals surface area (Å²) in [6.45, 7) is 4.50. The molecule has 2 N–H and O–H groups in total. The number of piperazine rings is 1. The second kappa shape index (κ2) is 12.0. The number of ether oxygens (including phenoxy) is 1. The van der Waals surface area contributed by atoms with Crippen LogP contribution in [0.2, 0.25) is 5.02 Å². The number of hydrogen-bond donors (Lipinski definition) is 2. The summed E-state index contributed by atoms with van der Waals surface area (Å²) in [4.78, 5) is 21.8. The van der Waals surface area contributed by atoms with Gasteiger partial charge in [-0.2, -0.15) is 0 Å². The number of aromatic nitrogens is 1. The Labute approximate surface area is 240 Å². The van der Waals surface area contributed by atoms with Crippen molar-refractivity contribution >= 4 is 59.9 Å². The molecule has 40 heavy (non-hydrogen) atoms. The van der Waals surface area contributed by atoms with Gasteiger partial charge in [0.15, 0.2) is 10.9 Å². The number of carbonyl (C=O) groups excluding carboxylic acids is 1. The standard InChI is InChI=1S/C27H27ClFN5O4S2/c1-38-25-22(28)10-11-23-24(25)31-27(39-23)34-16-14-33(15-17-34)13-12-30-26(35)18-2-6-20(7-3-18)32-40(36,37)21-8-4-19(29)5-9-21/h2-11,32H,12-17H2,1H3,(H,30,35). The first-order chi connectivity index (χ1) is 19.2. The van der Waals surface area contributed by atoms with E-state index in [1.807, 2.05) is 12.1 Å². The Hall–Kier alpha value is -3.45. The summed E-state index contributed by atoms with van der Waals surface area (Å²) in [5.74, 6) is -0.167. The lowest BCUT2D eigenvalue weighted by atomic mass is 10.2. The average molecular weight is 604 g/mol. The minimum atomic E-state index is -3.86. The predicted molar refractivity (Wildman–Crippen MR) is 156 cm³/mol. The van der Waals surface area contributed by atoms with Crippen molar-refractivity contribution < 1.29 is 22.3 Å². The van der Waals surface area contributed by atoms with Gasteiger partial charge < -0.3 is 15.0 Å². The molecule has 1 aliphatic rings. The SMILES string of the molecule is COc1c(Cl)ccc2sc(N3CCN(CCNC(=O)c4ccc(NS(=O)(=O)c5ccc(F)cc5)cc4)CC3)nc12. The third-order valence-corrected chi connectivity index (χ3v) is 9.32. The summed E-state index contributed by atoms with van der Waals surface area (Å²) < 4.78 is 46.9. The number of nitrogens with zero attached hydrogens (tertiary/aromatic N) is 3. The van der Waals surface area contributed by atoms with E-state index >= 15 is 0 Å².